The molecular formula is C12H3Cl3F3N3O2S. The fraction of sp³-hybridized carbons (Fsp3) is 0.0833. The molecule has 126 valence electrons. The minimum Gasteiger partial charge on any atom is -0.303 e. The molecule has 12 heteroatoms. The molecule has 0 aliphatic rings. The van der Waals surface area contributed by atoms with Crippen LogP contribution in [0.2, 0.25) is 14.5 Å². The fourth-order valence-electron chi connectivity index (χ4n) is 2.04. The van der Waals surface area contributed by atoms with Crippen LogP contribution < -0.4 is 11.2 Å². The van der Waals surface area contributed by atoms with Crippen molar-refractivity contribution in [3.63, 3.8) is 0 Å². The Labute approximate surface area is 149 Å². The molecule has 0 aliphatic heterocycles. The summed E-state index contributed by atoms with van der Waals surface area (Å²) in [7, 11) is 0. The van der Waals surface area contributed by atoms with Gasteiger partial charge in [-0.15, -0.1) is 11.3 Å². The van der Waals surface area contributed by atoms with Crippen LogP contribution in [0.15, 0.2) is 21.7 Å². The van der Waals surface area contributed by atoms with Crippen LogP contribution >= 0.6 is 46.1 Å². The molecule has 0 unspecified atom stereocenters. The van der Waals surface area contributed by atoms with Crippen LogP contribution in [-0.2, 0) is 6.18 Å². The first-order valence-corrected chi connectivity index (χ1v) is 7.92. The smallest absolute Gasteiger partial charge is 0.303 e. The minimum absolute atomic E-state index is 0.0619. The lowest BCUT2D eigenvalue weighted by atomic mass is 10.2. The molecule has 0 saturated heterocycles. The normalized spacial score (nSPS) is 12.1. The van der Waals surface area contributed by atoms with E-state index in [4.69, 9.17) is 34.8 Å². The molecule has 0 bridgehead atoms. The van der Waals surface area contributed by atoms with E-state index < -0.39 is 23.1 Å². The molecule has 1 aromatic carbocycles. The third-order valence-electron chi connectivity index (χ3n) is 2.98. The van der Waals surface area contributed by atoms with Crippen LogP contribution in [0.3, 0.4) is 0 Å². The van der Waals surface area contributed by atoms with Gasteiger partial charge >= 0.3 is 11.9 Å². The van der Waals surface area contributed by atoms with Crippen LogP contribution in [0.5, 0.6) is 0 Å². The molecule has 24 heavy (non-hydrogen) atoms. The Morgan fingerprint density at radius 2 is 1.79 bits per heavy atom. The van der Waals surface area contributed by atoms with Crippen molar-refractivity contribution in [1.82, 2.24) is 14.5 Å². The summed E-state index contributed by atoms with van der Waals surface area (Å²) >= 11 is 18.7. The van der Waals surface area contributed by atoms with E-state index in [1.54, 1.807) is 4.98 Å². The first-order chi connectivity index (χ1) is 11.1. The zero-order valence-electron chi connectivity index (χ0n) is 11.0. The van der Waals surface area contributed by atoms with Gasteiger partial charge < -0.3 is 4.98 Å². The lowest BCUT2D eigenvalue weighted by Gasteiger charge is -2.11. The number of nitrogens with zero attached hydrogens (tertiary/aromatic N) is 2. The van der Waals surface area contributed by atoms with Crippen molar-refractivity contribution >= 4 is 56.4 Å². The van der Waals surface area contributed by atoms with E-state index >= 15 is 0 Å². The highest BCUT2D eigenvalue weighted by atomic mass is 35.5. The van der Waals surface area contributed by atoms with Crippen molar-refractivity contribution in [1.29, 1.82) is 0 Å². The predicted molar refractivity (Wildman–Crippen MR) is 85.9 cm³/mol. The highest BCUT2D eigenvalue weighted by Gasteiger charge is 2.33. The summed E-state index contributed by atoms with van der Waals surface area (Å²) in [6.07, 6.45) is -4.87. The topological polar surface area (TPSA) is 67.8 Å². The second-order valence-electron chi connectivity index (χ2n) is 4.49. The molecule has 2 heterocycles. The van der Waals surface area contributed by atoms with Crippen LogP contribution in [0.1, 0.15) is 5.69 Å². The predicted octanol–water partition coefficient (Wildman–Crippen LogP) is 4.11. The number of hydrogen-bond donors (Lipinski definition) is 1. The zero-order chi connectivity index (χ0) is 17.8. The van der Waals surface area contributed by atoms with Gasteiger partial charge in [-0.3, -0.25) is 4.79 Å². The molecule has 0 amide bonds. The number of aromatic nitrogens is 3. The van der Waals surface area contributed by atoms with E-state index in [-0.39, 0.29) is 36.5 Å². The number of hydrogen-bond acceptors (Lipinski definition) is 4. The van der Waals surface area contributed by atoms with E-state index in [1.807, 2.05) is 0 Å². The molecule has 0 spiro atoms. The van der Waals surface area contributed by atoms with Crippen molar-refractivity contribution in [3.05, 3.63) is 53.2 Å². The van der Waals surface area contributed by atoms with Gasteiger partial charge in [0.1, 0.15) is 11.2 Å². The van der Waals surface area contributed by atoms with Gasteiger partial charge in [0.15, 0.2) is 4.47 Å². The molecule has 0 aliphatic carbocycles. The Hall–Kier alpha value is -1.55. The Morgan fingerprint density at radius 1 is 1.12 bits per heavy atom. The lowest BCUT2D eigenvalue weighted by Crippen LogP contribution is -2.36. The second-order valence-corrected chi connectivity index (χ2v) is 6.89. The summed E-state index contributed by atoms with van der Waals surface area (Å²) in [6.45, 7) is 0. The van der Waals surface area contributed by atoms with Crippen LogP contribution in [0.4, 0.5) is 13.2 Å². The number of nitrogens with one attached hydrogen (secondary N) is 1. The number of halogens is 6. The number of aromatic amines is 1. The minimum atomic E-state index is -4.87. The van der Waals surface area contributed by atoms with Gasteiger partial charge in [-0.2, -0.15) is 13.2 Å². The summed E-state index contributed by atoms with van der Waals surface area (Å²) in [4.78, 5) is 29.7. The Morgan fingerprint density at radius 3 is 2.38 bits per heavy atom. The SMILES string of the molecule is O=c1cc(C(F)(F)F)[nH]c(=O)n1-c1c(Cl)cc(Cl)c2nc(Cl)sc12. The highest BCUT2D eigenvalue weighted by molar-refractivity contribution is 7.22. The second kappa shape index (κ2) is 5.76. The third-order valence-corrected chi connectivity index (χ3v) is 4.73. The largest absolute Gasteiger partial charge is 0.431 e. The van der Waals surface area contributed by atoms with E-state index in [9.17, 15) is 22.8 Å². The monoisotopic (exact) mass is 415 g/mol. The molecule has 0 atom stereocenters. The van der Waals surface area contributed by atoms with Gasteiger partial charge in [-0.1, -0.05) is 34.8 Å². The number of rotatable bonds is 1. The Kier molecular flexibility index (Phi) is 4.15. The number of benzene rings is 1. The molecule has 0 fully saturated rings. The fourth-order valence-corrected chi connectivity index (χ4v) is 3.91. The van der Waals surface area contributed by atoms with Gasteiger partial charge in [0.2, 0.25) is 0 Å². The van der Waals surface area contributed by atoms with Crippen molar-refractivity contribution in [2.75, 3.05) is 0 Å². The number of fused-ring (bicyclic) bond motifs is 1. The van der Waals surface area contributed by atoms with E-state index in [2.05, 4.69) is 4.98 Å². The maximum Gasteiger partial charge on any atom is 0.431 e. The van der Waals surface area contributed by atoms with Crippen molar-refractivity contribution < 1.29 is 13.2 Å². The van der Waals surface area contributed by atoms with Gasteiger partial charge in [0.25, 0.3) is 5.56 Å². The lowest BCUT2D eigenvalue weighted by molar-refractivity contribution is -0.141. The maximum atomic E-state index is 12.7. The molecular weight excluding hydrogens is 414 g/mol. The first kappa shape index (κ1) is 17.3. The average Bonchev–Trinajstić information content (AvgIpc) is 2.82. The molecule has 3 rings (SSSR count). The molecule has 0 radical (unpaired) electrons. The van der Waals surface area contributed by atoms with Gasteiger partial charge in [-0.05, 0) is 6.07 Å². The maximum absolute atomic E-state index is 12.7. The Balaban J connectivity index is 2.42. The number of H-pyrrole nitrogens is 1. The van der Waals surface area contributed by atoms with Gasteiger partial charge in [0, 0.05) is 6.07 Å². The average molecular weight is 417 g/mol. The summed E-state index contributed by atoms with van der Waals surface area (Å²) in [5.41, 5.74) is -3.93. The van der Waals surface area contributed by atoms with Crippen molar-refractivity contribution in [3.8, 4) is 5.69 Å². The molecule has 0 saturated carbocycles. The Bertz CT molecular complexity index is 1060. The molecule has 5 nitrogen and oxygen atoms in total. The van der Waals surface area contributed by atoms with Gasteiger partial charge in [-0.25, -0.2) is 14.3 Å². The standard InChI is InChI=1S/C12H3Cl3F3N3O2S/c13-3-1-4(14)8(9-7(3)20-10(15)24-9)21-6(22)2-5(12(16,17)18)19-11(21)23/h1-2H,(H,19,23). The molecule has 3 aromatic rings. The van der Waals surface area contributed by atoms with E-state index in [0.717, 1.165) is 11.3 Å². The summed E-state index contributed by atoms with van der Waals surface area (Å²) in [6, 6.07) is 1.49. The van der Waals surface area contributed by atoms with Crippen LogP contribution in [-0.4, -0.2) is 14.5 Å². The molecule has 2 aromatic heterocycles. The number of thiazole rings is 1. The third kappa shape index (κ3) is 2.81. The highest BCUT2D eigenvalue weighted by Crippen LogP contribution is 2.38. The van der Waals surface area contributed by atoms with Crippen molar-refractivity contribution in [2.24, 2.45) is 0 Å². The van der Waals surface area contributed by atoms with Gasteiger partial charge in [0.05, 0.1) is 20.4 Å². The zero-order valence-corrected chi connectivity index (χ0v) is 14.1. The van der Waals surface area contributed by atoms with E-state index in [1.165, 1.54) is 6.07 Å². The quantitative estimate of drug-likeness (QED) is 0.649. The summed E-state index contributed by atoms with van der Waals surface area (Å²) in [5.74, 6) is 0. The molecule has 1 N–H and O–H groups in total. The first-order valence-electron chi connectivity index (χ1n) is 5.97. The summed E-state index contributed by atoms with van der Waals surface area (Å²) in [5, 5.41) is 0.0125. The van der Waals surface area contributed by atoms with Crippen molar-refractivity contribution in [2.45, 2.75) is 6.18 Å². The van der Waals surface area contributed by atoms with Crippen LogP contribution in [0, 0.1) is 0 Å². The van der Waals surface area contributed by atoms with Crippen LogP contribution in [0.25, 0.3) is 15.9 Å². The summed E-state index contributed by atoms with van der Waals surface area (Å²) < 4.78 is 38.8. The van der Waals surface area contributed by atoms with E-state index in [0.29, 0.717) is 4.57 Å². The number of alkyl halides is 3.